The van der Waals surface area contributed by atoms with Gasteiger partial charge >= 0.3 is 18.6 Å². The van der Waals surface area contributed by atoms with Crippen LogP contribution in [0.4, 0.5) is 43.9 Å². The minimum Gasteiger partial charge on any atom is -0.493 e. The number of unbranched alkanes of at least 4 members (excludes halogenated alkanes) is 1. The third kappa shape index (κ3) is 7.09. The van der Waals surface area contributed by atoms with Crippen LogP contribution in [-0.2, 0) is 17.0 Å². The molecule has 0 bridgehead atoms. The standard InChI is InChI=1S/C25H18F10O3/c1-2-3-10-36-17-8-9-18(19(26)13-17)14-11-20(27)22(21(28)12-14)24(31,32)37-16-6-4-15(5-7-16)23(29,30)38-25(33,34)35/h4-9,11-13H,2-3,10H2,1H3. The highest BCUT2D eigenvalue weighted by Crippen LogP contribution is 2.40. The lowest BCUT2D eigenvalue weighted by Gasteiger charge is -2.21. The average molecular weight is 556 g/mol. The topological polar surface area (TPSA) is 27.7 Å². The molecule has 206 valence electrons. The number of hydrogen-bond acceptors (Lipinski definition) is 3. The van der Waals surface area contributed by atoms with E-state index >= 15 is 0 Å². The average Bonchev–Trinajstić information content (AvgIpc) is 2.77. The highest BCUT2D eigenvalue weighted by atomic mass is 19.4. The molecule has 0 saturated heterocycles. The van der Waals surface area contributed by atoms with E-state index < -0.39 is 58.5 Å². The van der Waals surface area contributed by atoms with Gasteiger partial charge < -0.3 is 9.47 Å². The zero-order chi connectivity index (χ0) is 28.3. The van der Waals surface area contributed by atoms with E-state index in [-0.39, 0.29) is 11.3 Å². The first kappa shape index (κ1) is 29.1. The summed E-state index contributed by atoms with van der Waals surface area (Å²) < 4.78 is 149. The van der Waals surface area contributed by atoms with Gasteiger partial charge in [0.1, 0.15) is 34.5 Å². The third-order valence-corrected chi connectivity index (χ3v) is 5.03. The van der Waals surface area contributed by atoms with E-state index in [1.165, 1.54) is 6.07 Å². The molecule has 0 heterocycles. The Kier molecular flexibility index (Phi) is 8.49. The van der Waals surface area contributed by atoms with Crippen LogP contribution in [0.2, 0.25) is 0 Å². The number of rotatable bonds is 10. The zero-order valence-corrected chi connectivity index (χ0v) is 19.3. The fourth-order valence-electron chi connectivity index (χ4n) is 3.28. The van der Waals surface area contributed by atoms with Crippen LogP contribution in [0.1, 0.15) is 30.9 Å². The summed E-state index contributed by atoms with van der Waals surface area (Å²) in [7, 11) is 0. The Morgan fingerprint density at radius 1 is 0.684 bits per heavy atom. The van der Waals surface area contributed by atoms with Gasteiger partial charge in [-0.05, 0) is 60.5 Å². The maximum atomic E-state index is 14.6. The molecule has 3 aromatic carbocycles. The van der Waals surface area contributed by atoms with Gasteiger partial charge in [-0.2, -0.15) is 17.6 Å². The van der Waals surface area contributed by atoms with Crippen molar-refractivity contribution in [2.24, 2.45) is 0 Å². The predicted octanol–water partition coefficient (Wildman–Crippen LogP) is 8.66. The number of halogens is 10. The first-order valence-corrected chi connectivity index (χ1v) is 10.9. The molecule has 0 spiro atoms. The summed E-state index contributed by atoms with van der Waals surface area (Å²) in [5, 5.41) is 0. The summed E-state index contributed by atoms with van der Waals surface area (Å²) in [4.78, 5) is 0. The quantitative estimate of drug-likeness (QED) is 0.185. The summed E-state index contributed by atoms with van der Waals surface area (Å²) in [6, 6.07) is 5.81. The fraction of sp³-hybridized carbons (Fsp3) is 0.280. The van der Waals surface area contributed by atoms with E-state index in [0.717, 1.165) is 18.6 Å². The lowest BCUT2D eigenvalue weighted by molar-refractivity contribution is -0.431. The lowest BCUT2D eigenvalue weighted by Crippen LogP contribution is -2.28. The summed E-state index contributed by atoms with van der Waals surface area (Å²) in [6.07, 6.45) is -13.7. The van der Waals surface area contributed by atoms with E-state index in [2.05, 4.69) is 9.47 Å². The molecule has 0 unspecified atom stereocenters. The molecule has 0 fully saturated rings. The van der Waals surface area contributed by atoms with Crippen molar-refractivity contribution in [3.63, 3.8) is 0 Å². The van der Waals surface area contributed by atoms with Crippen molar-refractivity contribution in [2.45, 2.75) is 38.3 Å². The van der Waals surface area contributed by atoms with Gasteiger partial charge in [0.25, 0.3) is 0 Å². The van der Waals surface area contributed by atoms with Crippen LogP contribution in [0.25, 0.3) is 11.1 Å². The highest BCUT2D eigenvalue weighted by molar-refractivity contribution is 5.66. The van der Waals surface area contributed by atoms with Crippen molar-refractivity contribution in [2.75, 3.05) is 6.61 Å². The number of benzene rings is 3. The molecule has 0 aliphatic rings. The predicted molar refractivity (Wildman–Crippen MR) is 114 cm³/mol. The molecule has 0 saturated carbocycles. The molecule has 0 atom stereocenters. The first-order valence-electron chi connectivity index (χ1n) is 10.9. The highest BCUT2D eigenvalue weighted by Gasteiger charge is 2.46. The van der Waals surface area contributed by atoms with Gasteiger partial charge in [-0.3, -0.25) is 0 Å². The van der Waals surface area contributed by atoms with Crippen molar-refractivity contribution < 1.29 is 58.1 Å². The van der Waals surface area contributed by atoms with Gasteiger partial charge in [0, 0.05) is 11.6 Å². The van der Waals surface area contributed by atoms with Gasteiger partial charge in [-0.15, -0.1) is 13.2 Å². The van der Waals surface area contributed by atoms with Crippen LogP contribution in [-0.4, -0.2) is 13.0 Å². The van der Waals surface area contributed by atoms with Gasteiger partial charge in [-0.1, -0.05) is 13.3 Å². The molecule has 3 rings (SSSR count). The molecule has 0 aliphatic carbocycles. The summed E-state index contributed by atoms with van der Waals surface area (Å²) in [5.41, 5.74) is -3.93. The Balaban J connectivity index is 1.82. The van der Waals surface area contributed by atoms with Crippen molar-refractivity contribution in [3.05, 3.63) is 83.2 Å². The Bertz CT molecular complexity index is 1230. The fourth-order valence-corrected chi connectivity index (χ4v) is 3.28. The largest absolute Gasteiger partial charge is 0.527 e. The maximum absolute atomic E-state index is 14.6. The number of alkyl halides is 7. The van der Waals surface area contributed by atoms with Crippen molar-refractivity contribution in [1.82, 2.24) is 0 Å². The second-order valence-electron chi connectivity index (χ2n) is 7.87. The molecule has 0 amide bonds. The van der Waals surface area contributed by atoms with E-state index in [1.54, 1.807) is 0 Å². The van der Waals surface area contributed by atoms with Crippen LogP contribution in [0.5, 0.6) is 11.5 Å². The number of hydrogen-bond donors (Lipinski definition) is 0. The summed E-state index contributed by atoms with van der Waals surface area (Å²) in [5.74, 6) is -5.30. The van der Waals surface area contributed by atoms with E-state index in [1.807, 2.05) is 6.92 Å². The van der Waals surface area contributed by atoms with Crippen LogP contribution in [0, 0.1) is 17.5 Å². The van der Waals surface area contributed by atoms with Gasteiger partial charge in [0.05, 0.1) is 12.2 Å². The van der Waals surface area contributed by atoms with E-state index in [0.29, 0.717) is 49.4 Å². The van der Waals surface area contributed by atoms with Crippen LogP contribution < -0.4 is 9.47 Å². The minimum atomic E-state index is -5.69. The van der Waals surface area contributed by atoms with Crippen molar-refractivity contribution >= 4 is 0 Å². The Hall–Kier alpha value is -3.48. The molecule has 0 aliphatic heterocycles. The third-order valence-electron chi connectivity index (χ3n) is 5.03. The number of ether oxygens (including phenoxy) is 3. The molecule has 38 heavy (non-hydrogen) atoms. The zero-order valence-electron chi connectivity index (χ0n) is 19.3. The van der Waals surface area contributed by atoms with Crippen LogP contribution in [0.3, 0.4) is 0 Å². The Morgan fingerprint density at radius 2 is 1.26 bits per heavy atom. The van der Waals surface area contributed by atoms with Crippen LogP contribution in [0.15, 0.2) is 54.6 Å². The second kappa shape index (κ2) is 11.1. The smallest absolute Gasteiger partial charge is 0.493 e. The molecule has 0 N–H and O–H groups in total. The SMILES string of the molecule is CCCCOc1ccc(-c2cc(F)c(C(F)(F)Oc3ccc(C(F)(F)OC(F)(F)F)cc3)c(F)c2)c(F)c1. The molecular formula is C25H18F10O3. The summed E-state index contributed by atoms with van der Waals surface area (Å²) >= 11 is 0. The minimum absolute atomic E-state index is 0.158. The maximum Gasteiger partial charge on any atom is 0.527 e. The first-order chi connectivity index (χ1) is 17.6. The normalized spacial score (nSPS) is 12.5. The monoisotopic (exact) mass is 556 g/mol. The molecular weight excluding hydrogens is 538 g/mol. The van der Waals surface area contributed by atoms with E-state index in [9.17, 15) is 43.9 Å². The Morgan fingerprint density at radius 3 is 1.79 bits per heavy atom. The van der Waals surface area contributed by atoms with Gasteiger partial charge in [-0.25, -0.2) is 17.9 Å². The van der Waals surface area contributed by atoms with Crippen molar-refractivity contribution in [1.29, 1.82) is 0 Å². The molecule has 3 aromatic rings. The summed E-state index contributed by atoms with van der Waals surface area (Å²) in [6.45, 7) is 2.23. The van der Waals surface area contributed by atoms with Gasteiger partial charge in [0.15, 0.2) is 0 Å². The molecule has 0 radical (unpaired) electrons. The molecule has 3 nitrogen and oxygen atoms in total. The second-order valence-corrected chi connectivity index (χ2v) is 7.87. The Labute approximate surface area is 209 Å². The van der Waals surface area contributed by atoms with Gasteiger partial charge in [0.2, 0.25) is 0 Å². The lowest BCUT2D eigenvalue weighted by atomic mass is 10.0. The molecule has 0 aromatic heterocycles. The van der Waals surface area contributed by atoms with E-state index in [4.69, 9.17) is 4.74 Å². The van der Waals surface area contributed by atoms with Crippen LogP contribution >= 0.6 is 0 Å². The molecule has 13 heteroatoms. The van der Waals surface area contributed by atoms with Crippen molar-refractivity contribution in [3.8, 4) is 22.6 Å².